The minimum atomic E-state index is -0.0679. The quantitative estimate of drug-likeness (QED) is 0.722. The summed E-state index contributed by atoms with van der Waals surface area (Å²) in [6.07, 6.45) is 2.97. The van der Waals surface area contributed by atoms with Gasteiger partial charge in [0.05, 0.1) is 13.5 Å². The predicted molar refractivity (Wildman–Crippen MR) is 101 cm³/mol. The fraction of sp³-hybridized carbons (Fsp3) is 0.200. The van der Waals surface area contributed by atoms with Gasteiger partial charge in [-0.2, -0.15) is 0 Å². The van der Waals surface area contributed by atoms with Crippen molar-refractivity contribution >= 4 is 22.4 Å². The summed E-state index contributed by atoms with van der Waals surface area (Å²) in [6, 6.07) is 15.9. The molecule has 0 atom stereocenters. The largest absolute Gasteiger partial charge is 0.497 e. The Morgan fingerprint density at radius 1 is 1.16 bits per heavy atom. The van der Waals surface area contributed by atoms with E-state index >= 15 is 0 Å². The third kappa shape index (κ3) is 4.90. The van der Waals surface area contributed by atoms with Gasteiger partial charge in [-0.1, -0.05) is 42.0 Å². The van der Waals surface area contributed by atoms with Crippen LogP contribution in [0.4, 0.5) is 5.13 Å². The Bertz CT molecular complexity index is 856. The molecule has 0 aliphatic rings. The van der Waals surface area contributed by atoms with Crippen LogP contribution in [0.2, 0.25) is 0 Å². The molecule has 25 heavy (non-hydrogen) atoms. The highest BCUT2D eigenvalue weighted by molar-refractivity contribution is 7.15. The molecule has 0 radical (unpaired) electrons. The maximum absolute atomic E-state index is 12.2. The monoisotopic (exact) mass is 352 g/mol. The normalized spacial score (nSPS) is 10.5. The van der Waals surface area contributed by atoms with Gasteiger partial charge < -0.3 is 10.1 Å². The molecule has 3 aromatic rings. The van der Waals surface area contributed by atoms with Crippen LogP contribution < -0.4 is 10.1 Å². The van der Waals surface area contributed by atoms with Crippen LogP contribution in [-0.2, 0) is 17.6 Å². The fourth-order valence-corrected chi connectivity index (χ4v) is 3.43. The highest BCUT2D eigenvalue weighted by Crippen LogP contribution is 2.22. The molecule has 0 fully saturated rings. The molecule has 128 valence electrons. The van der Waals surface area contributed by atoms with Gasteiger partial charge in [0.15, 0.2) is 5.13 Å². The van der Waals surface area contributed by atoms with Crippen LogP contribution in [0.25, 0.3) is 0 Å². The van der Waals surface area contributed by atoms with Gasteiger partial charge in [0.2, 0.25) is 5.91 Å². The smallest absolute Gasteiger partial charge is 0.230 e. The zero-order valence-electron chi connectivity index (χ0n) is 14.3. The maximum atomic E-state index is 12.2. The molecule has 0 aliphatic carbocycles. The van der Waals surface area contributed by atoms with E-state index in [-0.39, 0.29) is 5.91 Å². The third-order valence-corrected chi connectivity index (χ3v) is 4.70. The Labute approximate surface area is 151 Å². The lowest BCUT2D eigenvalue weighted by atomic mass is 10.1. The van der Waals surface area contributed by atoms with Crippen molar-refractivity contribution in [2.24, 2.45) is 0 Å². The van der Waals surface area contributed by atoms with Gasteiger partial charge >= 0.3 is 0 Å². The molecule has 1 aromatic heterocycles. The van der Waals surface area contributed by atoms with E-state index < -0.39 is 0 Å². The first-order chi connectivity index (χ1) is 12.1. The molecule has 0 bridgehead atoms. The first-order valence-corrected chi connectivity index (χ1v) is 8.87. The summed E-state index contributed by atoms with van der Waals surface area (Å²) >= 11 is 1.52. The number of ether oxygens (including phenoxy) is 1. The number of carbonyl (C=O) groups excluding carboxylic acids is 1. The average molecular weight is 352 g/mol. The van der Waals surface area contributed by atoms with E-state index in [1.54, 1.807) is 7.11 Å². The number of hydrogen-bond acceptors (Lipinski definition) is 4. The van der Waals surface area contributed by atoms with Crippen LogP contribution in [0, 0.1) is 6.92 Å². The second kappa shape index (κ2) is 7.94. The standard InChI is InChI=1S/C20H20N2O2S/c1-14-4-3-5-16(10-14)11-18-13-21-20(25-18)22-19(23)12-15-6-8-17(24-2)9-7-15/h3-10,13H,11-12H2,1-2H3,(H,21,22,23). The fourth-order valence-electron chi connectivity index (χ4n) is 2.56. The number of nitrogens with zero attached hydrogens (tertiary/aromatic N) is 1. The summed E-state index contributed by atoms with van der Waals surface area (Å²) in [5.41, 5.74) is 3.43. The lowest BCUT2D eigenvalue weighted by molar-refractivity contribution is -0.115. The molecular weight excluding hydrogens is 332 g/mol. The molecular formula is C20H20N2O2S. The second-order valence-corrected chi connectivity index (χ2v) is 6.99. The van der Waals surface area contributed by atoms with Crippen molar-refractivity contribution in [3.63, 3.8) is 0 Å². The van der Waals surface area contributed by atoms with Crippen molar-refractivity contribution in [1.82, 2.24) is 4.98 Å². The van der Waals surface area contributed by atoms with E-state index in [0.29, 0.717) is 11.6 Å². The average Bonchev–Trinajstić information content (AvgIpc) is 3.02. The lowest BCUT2D eigenvalue weighted by Crippen LogP contribution is -2.14. The van der Waals surface area contributed by atoms with Crippen LogP contribution in [0.15, 0.2) is 54.7 Å². The molecule has 3 rings (SSSR count). The van der Waals surface area contributed by atoms with Crippen molar-refractivity contribution < 1.29 is 9.53 Å². The molecule has 1 N–H and O–H groups in total. The van der Waals surface area contributed by atoms with Gasteiger partial charge in [0.1, 0.15) is 5.75 Å². The van der Waals surface area contributed by atoms with E-state index in [9.17, 15) is 4.79 Å². The van der Waals surface area contributed by atoms with Crippen LogP contribution in [0.5, 0.6) is 5.75 Å². The van der Waals surface area contributed by atoms with Gasteiger partial charge in [-0.3, -0.25) is 4.79 Å². The van der Waals surface area contributed by atoms with Gasteiger partial charge in [0, 0.05) is 17.5 Å². The molecule has 0 aliphatic heterocycles. The number of nitrogens with one attached hydrogen (secondary N) is 1. The Morgan fingerprint density at radius 3 is 2.68 bits per heavy atom. The van der Waals surface area contributed by atoms with Crippen molar-refractivity contribution in [1.29, 1.82) is 0 Å². The number of methoxy groups -OCH3 is 1. The minimum absolute atomic E-state index is 0.0679. The van der Waals surface area contributed by atoms with Crippen molar-refractivity contribution in [3.05, 3.63) is 76.3 Å². The zero-order valence-corrected chi connectivity index (χ0v) is 15.1. The molecule has 0 saturated carbocycles. The van der Waals surface area contributed by atoms with Crippen molar-refractivity contribution in [2.75, 3.05) is 12.4 Å². The van der Waals surface area contributed by atoms with Gasteiger partial charge in [-0.15, -0.1) is 11.3 Å². The van der Waals surface area contributed by atoms with E-state index in [1.807, 2.05) is 30.5 Å². The molecule has 1 heterocycles. The Hall–Kier alpha value is -2.66. The summed E-state index contributed by atoms with van der Waals surface area (Å²) in [7, 11) is 1.62. The number of rotatable bonds is 6. The molecule has 1 amide bonds. The lowest BCUT2D eigenvalue weighted by Gasteiger charge is -2.03. The number of amides is 1. The number of hydrogen-bond donors (Lipinski definition) is 1. The van der Waals surface area contributed by atoms with E-state index in [0.717, 1.165) is 22.6 Å². The first-order valence-electron chi connectivity index (χ1n) is 8.05. The number of benzene rings is 2. The molecule has 0 saturated heterocycles. The number of thiazole rings is 1. The summed E-state index contributed by atoms with van der Waals surface area (Å²) < 4.78 is 5.12. The van der Waals surface area contributed by atoms with Crippen LogP contribution in [0.1, 0.15) is 21.6 Å². The summed E-state index contributed by atoms with van der Waals surface area (Å²) in [5.74, 6) is 0.714. The first kappa shape index (κ1) is 17.2. The molecule has 2 aromatic carbocycles. The summed E-state index contributed by atoms with van der Waals surface area (Å²) in [5, 5.41) is 3.51. The van der Waals surface area contributed by atoms with Crippen molar-refractivity contribution in [3.8, 4) is 5.75 Å². The minimum Gasteiger partial charge on any atom is -0.497 e. The van der Waals surface area contributed by atoms with E-state index in [4.69, 9.17) is 4.74 Å². The maximum Gasteiger partial charge on any atom is 0.230 e. The highest BCUT2D eigenvalue weighted by atomic mass is 32.1. The summed E-state index contributed by atoms with van der Waals surface area (Å²) in [6.45, 7) is 2.08. The SMILES string of the molecule is COc1ccc(CC(=O)Nc2ncc(Cc3cccc(C)c3)s2)cc1. The highest BCUT2D eigenvalue weighted by Gasteiger charge is 2.08. The van der Waals surface area contributed by atoms with E-state index in [1.165, 1.54) is 22.5 Å². The van der Waals surface area contributed by atoms with Gasteiger partial charge in [0.25, 0.3) is 0 Å². The second-order valence-electron chi connectivity index (χ2n) is 5.87. The van der Waals surface area contributed by atoms with Crippen LogP contribution >= 0.6 is 11.3 Å². The third-order valence-electron chi connectivity index (χ3n) is 3.78. The van der Waals surface area contributed by atoms with Gasteiger partial charge in [-0.25, -0.2) is 4.98 Å². The molecule has 4 nitrogen and oxygen atoms in total. The topological polar surface area (TPSA) is 51.2 Å². The predicted octanol–water partition coefficient (Wildman–Crippen LogP) is 4.23. The Morgan fingerprint density at radius 2 is 1.96 bits per heavy atom. The number of anilines is 1. The molecule has 0 unspecified atom stereocenters. The number of carbonyl (C=O) groups is 1. The molecule has 0 spiro atoms. The zero-order chi connectivity index (χ0) is 17.6. The van der Waals surface area contributed by atoms with Crippen molar-refractivity contribution in [2.45, 2.75) is 19.8 Å². The molecule has 5 heteroatoms. The van der Waals surface area contributed by atoms with Gasteiger partial charge in [-0.05, 0) is 30.2 Å². The van der Waals surface area contributed by atoms with E-state index in [2.05, 4.69) is 41.5 Å². The number of aryl methyl sites for hydroxylation is 1. The van der Waals surface area contributed by atoms with Crippen LogP contribution in [-0.4, -0.2) is 18.0 Å². The Balaban J connectivity index is 1.57. The Kier molecular flexibility index (Phi) is 5.46. The number of aromatic nitrogens is 1. The summed E-state index contributed by atoms with van der Waals surface area (Å²) in [4.78, 5) is 17.6. The van der Waals surface area contributed by atoms with Crippen LogP contribution in [0.3, 0.4) is 0 Å².